The van der Waals surface area contributed by atoms with Gasteiger partial charge in [-0.1, -0.05) is 60.2 Å². The van der Waals surface area contributed by atoms with Gasteiger partial charge in [0, 0.05) is 28.5 Å². The lowest BCUT2D eigenvalue weighted by atomic mass is 9.90. The van der Waals surface area contributed by atoms with Crippen LogP contribution in [0.4, 0.5) is 0 Å². The minimum atomic E-state index is -0.782. The van der Waals surface area contributed by atoms with E-state index in [4.69, 9.17) is 30.9 Å². The van der Waals surface area contributed by atoms with Crippen molar-refractivity contribution >= 4 is 17.6 Å². The minimum Gasteiger partial charge on any atom is -0.496 e. The van der Waals surface area contributed by atoms with Gasteiger partial charge in [0.2, 0.25) is 0 Å². The summed E-state index contributed by atoms with van der Waals surface area (Å²) in [6.45, 7) is 0.529. The molecule has 1 saturated heterocycles. The molecule has 160 valence electrons. The average molecular weight is 431 g/mol. The molecule has 3 rings (SSSR count). The summed E-state index contributed by atoms with van der Waals surface area (Å²) in [7, 11) is 1.66. The summed E-state index contributed by atoms with van der Waals surface area (Å²) in [6, 6.07) is 15.4. The smallest absolute Gasteiger partial charge is 0.303 e. The summed E-state index contributed by atoms with van der Waals surface area (Å²) < 4.78 is 18.0. The number of allylic oxidation sites excluding steroid dienone is 2. The molecule has 3 atom stereocenters. The molecule has 0 bridgehead atoms. The molecular weight excluding hydrogens is 404 g/mol. The number of carboxylic acid groups (broad SMARTS) is 1. The van der Waals surface area contributed by atoms with E-state index < -0.39 is 12.3 Å². The van der Waals surface area contributed by atoms with Crippen LogP contribution in [0.25, 0.3) is 0 Å². The molecule has 0 unspecified atom stereocenters. The number of hydrogen-bond acceptors (Lipinski definition) is 4. The highest BCUT2D eigenvalue weighted by molar-refractivity contribution is 6.31. The third-order valence-electron chi connectivity index (χ3n) is 5.16. The number of ether oxygens (including phenoxy) is 3. The van der Waals surface area contributed by atoms with Crippen molar-refractivity contribution in [2.75, 3.05) is 13.7 Å². The predicted molar refractivity (Wildman–Crippen MR) is 116 cm³/mol. The topological polar surface area (TPSA) is 65.0 Å². The zero-order valence-corrected chi connectivity index (χ0v) is 17.8. The highest BCUT2D eigenvalue weighted by atomic mass is 35.5. The molecule has 2 aromatic carbocycles. The van der Waals surface area contributed by atoms with Crippen molar-refractivity contribution in [2.24, 2.45) is 5.92 Å². The molecule has 1 aliphatic heterocycles. The lowest BCUT2D eigenvalue weighted by molar-refractivity contribution is -0.245. The van der Waals surface area contributed by atoms with Crippen molar-refractivity contribution in [3.63, 3.8) is 0 Å². The van der Waals surface area contributed by atoms with Crippen molar-refractivity contribution in [2.45, 2.75) is 38.1 Å². The van der Waals surface area contributed by atoms with Gasteiger partial charge < -0.3 is 19.3 Å². The number of hydrogen-bond donors (Lipinski definition) is 1. The van der Waals surface area contributed by atoms with Gasteiger partial charge in [0.05, 0.1) is 19.8 Å². The molecule has 0 spiro atoms. The molecule has 0 aliphatic carbocycles. The first-order chi connectivity index (χ1) is 14.6. The fourth-order valence-corrected chi connectivity index (χ4v) is 3.85. The van der Waals surface area contributed by atoms with E-state index >= 15 is 0 Å². The van der Waals surface area contributed by atoms with Crippen LogP contribution in [0.3, 0.4) is 0 Å². The normalized spacial score (nSPS) is 21.6. The van der Waals surface area contributed by atoms with Gasteiger partial charge in [0.25, 0.3) is 0 Å². The first-order valence-corrected chi connectivity index (χ1v) is 10.5. The summed E-state index contributed by atoms with van der Waals surface area (Å²) in [4.78, 5) is 10.6. The van der Waals surface area contributed by atoms with Crippen LogP contribution >= 0.6 is 11.6 Å². The first-order valence-electron chi connectivity index (χ1n) is 10.1. The molecule has 30 heavy (non-hydrogen) atoms. The van der Waals surface area contributed by atoms with E-state index in [9.17, 15) is 4.79 Å². The maximum atomic E-state index is 10.6. The summed E-state index contributed by atoms with van der Waals surface area (Å²) in [5, 5.41) is 9.35. The first kappa shape index (κ1) is 22.3. The number of para-hydroxylation sites is 1. The van der Waals surface area contributed by atoms with Crippen LogP contribution in [0.5, 0.6) is 5.75 Å². The van der Waals surface area contributed by atoms with E-state index in [2.05, 4.69) is 0 Å². The summed E-state index contributed by atoms with van der Waals surface area (Å²) in [6.07, 6.45) is 5.55. The fraction of sp³-hybridized carbons (Fsp3) is 0.375. The fourth-order valence-electron chi connectivity index (χ4n) is 3.63. The summed E-state index contributed by atoms with van der Waals surface area (Å²) >= 11 is 6.36. The van der Waals surface area contributed by atoms with Gasteiger partial charge in [-0.05, 0) is 31.4 Å². The second-order valence-corrected chi connectivity index (χ2v) is 7.63. The number of carbonyl (C=O) groups is 1. The Hall–Kier alpha value is -2.34. The van der Waals surface area contributed by atoms with E-state index in [0.29, 0.717) is 18.1 Å². The number of rotatable bonds is 9. The Morgan fingerprint density at radius 2 is 1.83 bits per heavy atom. The van der Waals surface area contributed by atoms with E-state index in [-0.39, 0.29) is 18.4 Å². The van der Waals surface area contributed by atoms with Crippen molar-refractivity contribution < 1.29 is 24.1 Å². The monoisotopic (exact) mass is 430 g/mol. The number of halogens is 1. The van der Waals surface area contributed by atoms with Crippen LogP contribution < -0.4 is 4.74 Å². The number of methoxy groups -OCH3 is 1. The Balaban J connectivity index is 1.75. The lowest BCUT2D eigenvalue weighted by Crippen LogP contribution is -2.31. The van der Waals surface area contributed by atoms with Crippen LogP contribution in [0.15, 0.2) is 60.7 Å². The van der Waals surface area contributed by atoms with Crippen LogP contribution in [0, 0.1) is 5.92 Å². The third kappa shape index (κ3) is 5.85. The second-order valence-electron chi connectivity index (χ2n) is 7.23. The van der Waals surface area contributed by atoms with Gasteiger partial charge >= 0.3 is 5.97 Å². The van der Waals surface area contributed by atoms with E-state index in [0.717, 1.165) is 29.7 Å². The van der Waals surface area contributed by atoms with Gasteiger partial charge in [-0.25, -0.2) is 0 Å². The zero-order valence-electron chi connectivity index (χ0n) is 17.0. The summed E-state index contributed by atoms with van der Waals surface area (Å²) in [5.41, 5.74) is 1.80. The van der Waals surface area contributed by atoms with E-state index in [1.54, 1.807) is 7.11 Å². The third-order valence-corrected chi connectivity index (χ3v) is 5.50. The van der Waals surface area contributed by atoms with Crippen molar-refractivity contribution in [1.82, 2.24) is 0 Å². The maximum Gasteiger partial charge on any atom is 0.303 e. The molecule has 1 N–H and O–H groups in total. The molecule has 0 amide bonds. The lowest BCUT2D eigenvalue weighted by Gasteiger charge is -2.37. The van der Waals surface area contributed by atoms with Gasteiger partial charge in [0.15, 0.2) is 6.29 Å². The highest BCUT2D eigenvalue weighted by Gasteiger charge is 2.35. The molecule has 0 saturated carbocycles. The molecule has 1 heterocycles. The maximum absolute atomic E-state index is 10.6. The van der Waals surface area contributed by atoms with Crippen LogP contribution in [0.1, 0.15) is 49.2 Å². The van der Waals surface area contributed by atoms with Gasteiger partial charge in [-0.15, -0.1) is 0 Å². The minimum absolute atomic E-state index is 0.129. The van der Waals surface area contributed by atoms with Crippen molar-refractivity contribution in [3.8, 4) is 5.75 Å². The number of aliphatic carboxylic acids is 1. The Kier molecular flexibility index (Phi) is 8.31. The molecule has 5 nitrogen and oxygen atoms in total. The number of benzene rings is 2. The molecule has 6 heteroatoms. The van der Waals surface area contributed by atoms with Gasteiger partial charge in [0.1, 0.15) is 5.75 Å². The molecule has 0 radical (unpaired) electrons. The summed E-state index contributed by atoms with van der Waals surface area (Å²) in [5.74, 6) is 0.129. The van der Waals surface area contributed by atoms with Crippen LogP contribution in [-0.2, 0) is 14.3 Å². The molecular formula is C24H27ClO5. The predicted octanol–water partition coefficient (Wildman–Crippen LogP) is 5.95. The average Bonchev–Trinajstić information content (AvgIpc) is 2.76. The quantitative estimate of drug-likeness (QED) is 0.498. The second kappa shape index (κ2) is 11.2. The zero-order chi connectivity index (χ0) is 21.3. The standard InChI is InChI=1S/C24H27ClO5/c1-28-21-14-9-7-12-19(21)23-17(10-4-2-3-5-15-22(26)27)16-29-24(30-23)18-11-6-8-13-20(18)25/h2-3,6-9,11-14,17,23-24H,4-5,10,15-16H2,1H3,(H,26,27)/b3-2-/t17-,23+,24+/m1/s1. The largest absolute Gasteiger partial charge is 0.496 e. The number of carboxylic acids is 1. The van der Waals surface area contributed by atoms with E-state index in [1.165, 1.54) is 0 Å². The molecule has 0 aromatic heterocycles. The Morgan fingerprint density at radius 3 is 2.57 bits per heavy atom. The van der Waals surface area contributed by atoms with Crippen LogP contribution in [0.2, 0.25) is 5.02 Å². The molecule has 2 aromatic rings. The van der Waals surface area contributed by atoms with Crippen molar-refractivity contribution in [3.05, 3.63) is 76.8 Å². The highest BCUT2D eigenvalue weighted by Crippen LogP contribution is 2.44. The van der Waals surface area contributed by atoms with Crippen molar-refractivity contribution in [1.29, 1.82) is 0 Å². The molecule has 1 fully saturated rings. The van der Waals surface area contributed by atoms with Crippen LogP contribution in [-0.4, -0.2) is 24.8 Å². The van der Waals surface area contributed by atoms with Gasteiger partial charge in [-0.3, -0.25) is 4.79 Å². The Bertz CT molecular complexity index is 866. The Morgan fingerprint density at radius 1 is 1.13 bits per heavy atom. The van der Waals surface area contributed by atoms with E-state index in [1.807, 2.05) is 60.7 Å². The Labute approximate surface area is 182 Å². The van der Waals surface area contributed by atoms with Gasteiger partial charge in [-0.2, -0.15) is 0 Å². The molecule has 1 aliphatic rings. The SMILES string of the molecule is COc1ccccc1[C@H]1O[C@@H](c2ccccc2Cl)OC[C@H]1CC/C=C\CCC(=O)O.